The molecule has 0 radical (unpaired) electrons. The molecule has 1 amide bonds. The van der Waals surface area contributed by atoms with Crippen molar-refractivity contribution in [2.24, 2.45) is 11.7 Å². The summed E-state index contributed by atoms with van der Waals surface area (Å²) in [6.45, 7) is 0. The van der Waals surface area contributed by atoms with Gasteiger partial charge in [-0.25, -0.2) is 4.79 Å². The van der Waals surface area contributed by atoms with Crippen molar-refractivity contribution in [3.05, 3.63) is 0 Å². The molecule has 0 spiro atoms. The normalized spacial score (nSPS) is 13.1. The smallest absolute Gasteiger partial charge is 0.326 e. The van der Waals surface area contributed by atoms with Crippen LogP contribution in [0, 0.1) is 5.92 Å². The van der Waals surface area contributed by atoms with Crippen molar-refractivity contribution >= 4 is 29.8 Å². The highest BCUT2D eigenvalue weighted by Crippen LogP contribution is 2.09. The molecule has 0 heterocycles. The van der Waals surface area contributed by atoms with Gasteiger partial charge in [-0.3, -0.25) is 19.2 Å². The number of nitrogens with two attached hydrogens (primary N) is 1. The molecule has 0 unspecified atom stereocenters. The zero-order chi connectivity index (χ0) is 18.2. The molecule has 0 aromatic carbocycles. The van der Waals surface area contributed by atoms with Gasteiger partial charge in [-0.05, 0) is 12.8 Å². The fraction of sp³-hybridized carbons (Fsp3) is 0.583. The predicted molar refractivity (Wildman–Crippen MR) is 72.4 cm³/mol. The van der Waals surface area contributed by atoms with Crippen molar-refractivity contribution in [2.45, 2.75) is 37.8 Å². The first-order valence-electron chi connectivity index (χ1n) is 6.52. The molecule has 2 atom stereocenters. The van der Waals surface area contributed by atoms with Crippen LogP contribution >= 0.6 is 0 Å². The topological polar surface area (TPSA) is 204 Å². The van der Waals surface area contributed by atoms with E-state index in [9.17, 15) is 24.0 Å². The summed E-state index contributed by atoms with van der Waals surface area (Å²) in [6.07, 6.45) is -1.00. The molecule has 11 heteroatoms. The van der Waals surface area contributed by atoms with Gasteiger partial charge >= 0.3 is 23.9 Å². The third kappa shape index (κ3) is 7.76. The monoisotopic (exact) mass is 334 g/mol. The predicted octanol–water partition coefficient (Wildman–Crippen LogP) is -1.69. The van der Waals surface area contributed by atoms with E-state index in [-0.39, 0.29) is 19.3 Å². The van der Waals surface area contributed by atoms with Crippen LogP contribution in [0.5, 0.6) is 0 Å². The van der Waals surface area contributed by atoms with E-state index >= 15 is 0 Å². The molecule has 7 N–H and O–H groups in total. The Kier molecular flexibility index (Phi) is 8.26. The highest BCUT2D eigenvalue weighted by atomic mass is 16.4. The summed E-state index contributed by atoms with van der Waals surface area (Å²) in [6, 6.07) is -2.94. The number of nitrogens with one attached hydrogen (secondary N) is 1. The van der Waals surface area contributed by atoms with Gasteiger partial charge in [-0.1, -0.05) is 0 Å². The van der Waals surface area contributed by atoms with Crippen LogP contribution in [0.4, 0.5) is 0 Å². The highest BCUT2D eigenvalue weighted by molar-refractivity contribution is 5.94. The Bertz CT molecular complexity index is 477. The van der Waals surface area contributed by atoms with Gasteiger partial charge in [-0.2, -0.15) is 0 Å². The quantitative estimate of drug-likeness (QED) is 0.236. The van der Waals surface area contributed by atoms with Gasteiger partial charge in [0.25, 0.3) is 0 Å². The van der Waals surface area contributed by atoms with Gasteiger partial charge in [-0.15, -0.1) is 0 Å². The second-order valence-electron chi connectivity index (χ2n) is 4.76. The molecule has 0 aromatic rings. The van der Waals surface area contributed by atoms with Crippen LogP contribution in [0.3, 0.4) is 0 Å². The number of carboxylic acid groups (broad SMARTS) is 4. The molecule has 0 aliphatic carbocycles. The van der Waals surface area contributed by atoms with E-state index < -0.39 is 54.2 Å². The Morgan fingerprint density at radius 3 is 1.83 bits per heavy atom. The first kappa shape index (κ1) is 20.3. The zero-order valence-corrected chi connectivity index (χ0v) is 12.0. The zero-order valence-electron chi connectivity index (χ0n) is 12.0. The molecule has 0 rings (SSSR count). The number of amides is 1. The number of rotatable bonds is 11. The van der Waals surface area contributed by atoms with E-state index in [1.807, 2.05) is 5.32 Å². The molecule has 0 fully saturated rings. The van der Waals surface area contributed by atoms with Gasteiger partial charge in [0, 0.05) is 12.8 Å². The van der Waals surface area contributed by atoms with E-state index in [0.717, 1.165) is 0 Å². The molecule has 0 bridgehead atoms. The second kappa shape index (κ2) is 9.35. The first-order valence-corrected chi connectivity index (χ1v) is 6.52. The van der Waals surface area contributed by atoms with Crippen molar-refractivity contribution in [2.75, 3.05) is 0 Å². The highest BCUT2D eigenvalue weighted by Gasteiger charge is 2.33. The van der Waals surface area contributed by atoms with Crippen LogP contribution in [0.25, 0.3) is 0 Å². The van der Waals surface area contributed by atoms with Gasteiger partial charge in [0.05, 0.1) is 6.04 Å². The summed E-state index contributed by atoms with van der Waals surface area (Å²) < 4.78 is 0. The number of aliphatic carboxylic acids is 4. The molecule has 23 heavy (non-hydrogen) atoms. The fourth-order valence-corrected chi connectivity index (χ4v) is 1.65. The number of carbonyl (C=O) groups excluding carboxylic acids is 1. The van der Waals surface area contributed by atoms with E-state index in [0.29, 0.717) is 0 Å². The van der Waals surface area contributed by atoms with Crippen molar-refractivity contribution in [1.29, 1.82) is 0 Å². The number of carbonyl (C=O) groups is 5. The Balaban J connectivity index is 4.71. The van der Waals surface area contributed by atoms with E-state index in [1.54, 1.807) is 0 Å². The van der Waals surface area contributed by atoms with Crippen LogP contribution in [0.15, 0.2) is 0 Å². The largest absolute Gasteiger partial charge is 0.481 e. The average Bonchev–Trinajstić information content (AvgIpc) is 2.41. The van der Waals surface area contributed by atoms with Crippen molar-refractivity contribution < 1.29 is 44.4 Å². The van der Waals surface area contributed by atoms with E-state index in [4.69, 9.17) is 26.2 Å². The standard InChI is InChI=1S/C12H18N2O9/c13-6(2-1-3-8(15)16)9(17)14-7(12(22)23)4-5(10(18)19)11(20)21/h5-7H,1-4,13H2,(H,14,17)(H,15,16)(H,18,19)(H,20,21)(H,22,23)/t6-,7-/m0/s1. The molecule has 0 aliphatic rings. The van der Waals surface area contributed by atoms with Crippen LogP contribution in [-0.2, 0) is 24.0 Å². The molecule has 130 valence electrons. The summed E-state index contributed by atoms with van der Waals surface area (Å²) in [4.78, 5) is 54.6. The van der Waals surface area contributed by atoms with Crippen LogP contribution < -0.4 is 11.1 Å². The Morgan fingerprint density at radius 2 is 1.43 bits per heavy atom. The lowest BCUT2D eigenvalue weighted by Crippen LogP contribution is -2.50. The summed E-state index contributed by atoms with van der Waals surface area (Å²) in [5.74, 6) is -9.08. The maximum Gasteiger partial charge on any atom is 0.326 e. The van der Waals surface area contributed by atoms with Crippen molar-refractivity contribution in [3.8, 4) is 0 Å². The molecular weight excluding hydrogens is 316 g/mol. The van der Waals surface area contributed by atoms with E-state index in [2.05, 4.69) is 0 Å². The average molecular weight is 334 g/mol. The molecule has 0 saturated heterocycles. The van der Waals surface area contributed by atoms with Gasteiger partial charge in [0.15, 0.2) is 5.92 Å². The van der Waals surface area contributed by atoms with Crippen molar-refractivity contribution in [1.82, 2.24) is 5.32 Å². The molecular formula is C12H18N2O9. The minimum atomic E-state index is -2.00. The first-order chi connectivity index (χ1) is 10.6. The summed E-state index contributed by atoms with van der Waals surface area (Å²) in [7, 11) is 0. The lowest BCUT2D eigenvalue weighted by molar-refractivity contribution is -0.156. The second-order valence-corrected chi connectivity index (χ2v) is 4.76. The molecule has 11 nitrogen and oxygen atoms in total. The van der Waals surface area contributed by atoms with Gasteiger partial charge in [0.1, 0.15) is 6.04 Å². The molecule has 0 saturated carbocycles. The Hall–Kier alpha value is -2.69. The maximum absolute atomic E-state index is 11.7. The third-order valence-electron chi connectivity index (χ3n) is 2.92. The number of carboxylic acids is 4. The Morgan fingerprint density at radius 1 is 0.913 bits per heavy atom. The minimum Gasteiger partial charge on any atom is -0.481 e. The number of hydrogen-bond acceptors (Lipinski definition) is 6. The lowest BCUT2D eigenvalue weighted by atomic mass is 9.99. The molecule has 0 aliphatic heterocycles. The van der Waals surface area contributed by atoms with Gasteiger partial charge in [0.2, 0.25) is 5.91 Å². The van der Waals surface area contributed by atoms with Gasteiger partial charge < -0.3 is 31.5 Å². The van der Waals surface area contributed by atoms with Crippen LogP contribution in [-0.4, -0.2) is 62.3 Å². The minimum absolute atomic E-state index is 0.0221. The number of hydrogen-bond donors (Lipinski definition) is 6. The summed E-state index contributed by atoms with van der Waals surface area (Å²) in [5, 5.41) is 36.8. The summed E-state index contributed by atoms with van der Waals surface area (Å²) in [5.41, 5.74) is 5.47. The van der Waals surface area contributed by atoms with Crippen LogP contribution in [0.2, 0.25) is 0 Å². The van der Waals surface area contributed by atoms with Crippen LogP contribution in [0.1, 0.15) is 25.7 Å². The maximum atomic E-state index is 11.7. The van der Waals surface area contributed by atoms with Crippen molar-refractivity contribution in [3.63, 3.8) is 0 Å². The SMILES string of the molecule is N[C@@H](CCCC(=O)O)C(=O)N[C@@H](CC(C(=O)O)C(=O)O)C(=O)O. The van der Waals surface area contributed by atoms with E-state index in [1.165, 1.54) is 0 Å². The molecule has 0 aromatic heterocycles. The third-order valence-corrected chi connectivity index (χ3v) is 2.92. The fourth-order valence-electron chi connectivity index (χ4n) is 1.65. The lowest BCUT2D eigenvalue weighted by Gasteiger charge is -2.19. The summed E-state index contributed by atoms with van der Waals surface area (Å²) >= 11 is 0. The Labute approximate surface area is 130 Å².